The molecule has 2 atom stereocenters. The summed E-state index contributed by atoms with van der Waals surface area (Å²) in [5, 5.41) is 16.7. The minimum atomic E-state index is -0.533. The van der Waals surface area contributed by atoms with Gasteiger partial charge in [0.05, 0.1) is 43.0 Å². The van der Waals surface area contributed by atoms with E-state index >= 15 is 0 Å². The number of hydroxylamine groups is 1. The molecule has 0 spiro atoms. The second-order valence-corrected chi connectivity index (χ2v) is 7.36. The average Bonchev–Trinajstić information content (AvgIpc) is 3.56. The summed E-state index contributed by atoms with van der Waals surface area (Å²) in [6.45, 7) is 0.515. The van der Waals surface area contributed by atoms with E-state index in [0.717, 1.165) is 0 Å². The van der Waals surface area contributed by atoms with Gasteiger partial charge in [0.1, 0.15) is 18.0 Å². The van der Waals surface area contributed by atoms with Crippen molar-refractivity contribution in [1.82, 2.24) is 25.5 Å². The molecule has 4 heterocycles. The van der Waals surface area contributed by atoms with Crippen LogP contribution in [0.15, 0.2) is 55.0 Å². The van der Waals surface area contributed by atoms with Crippen LogP contribution in [-0.4, -0.2) is 56.5 Å². The monoisotopic (exact) mass is 438 g/mol. The fourth-order valence-electron chi connectivity index (χ4n) is 3.61. The summed E-state index contributed by atoms with van der Waals surface area (Å²) in [6.07, 6.45) is 5.14. The molecule has 1 unspecified atom stereocenters. The number of hydrogen-bond donors (Lipinski definition) is 2. The van der Waals surface area contributed by atoms with Gasteiger partial charge >= 0.3 is 6.09 Å². The number of cyclic esters (lactones) is 1. The van der Waals surface area contributed by atoms with Crippen LogP contribution in [0.1, 0.15) is 5.69 Å². The Kier molecular flexibility index (Phi) is 5.25. The molecule has 164 valence electrons. The van der Waals surface area contributed by atoms with Crippen LogP contribution < -0.4 is 10.4 Å². The molecule has 2 aliphatic heterocycles. The SMILES string of the molecule is O=C1O[C@@H](Cn2ccnn2)CN1c1ccc(-c2ccc(C3=CC(CO)ON3)nc2)c(F)c1. The van der Waals surface area contributed by atoms with E-state index in [1.54, 1.807) is 53.6 Å². The Morgan fingerprint density at radius 3 is 2.88 bits per heavy atom. The van der Waals surface area contributed by atoms with Crippen LogP contribution >= 0.6 is 0 Å². The number of pyridine rings is 1. The Labute approximate surface area is 181 Å². The van der Waals surface area contributed by atoms with Gasteiger partial charge in [0.25, 0.3) is 0 Å². The van der Waals surface area contributed by atoms with Crippen molar-refractivity contribution in [2.24, 2.45) is 0 Å². The zero-order valence-electron chi connectivity index (χ0n) is 16.8. The van der Waals surface area contributed by atoms with Gasteiger partial charge in [0, 0.05) is 23.5 Å². The molecule has 3 aromatic rings. The summed E-state index contributed by atoms with van der Waals surface area (Å²) in [6, 6.07) is 8.07. The molecule has 2 N–H and O–H groups in total. The minimum Gasteiger partial charge on any atom is -0.442 e. The molecule has 1 saturated heterocycles. The van der Waals surface area contributed by atoms with Crippen LogP contribution in [0.25, 0.3) is 16.8 Å². The molecule has 11 heteroatoms. The summed E-state index contributed by atoms with van der Waals surface area (Å²) in [7, 11) is 0. The molecular formula is C21H19FN6O4. The Hall–Kier alpha value is -3.83. The number of aliphatic hydroxyl groups is 1. The number of nitrogens with one attached hydrogen (secondary N) is 1. The van der Waals surface area contributed by atoms with E-state index in [9.17, 15) is 9.18 Å². The lowest BCUT2D eigenvalue weighted by molar-refractivity contribution is 0.0172. The third kappa shape index (κ3) is 3.90. The number of halogens is 1. The topological polar surface area (TPSA) is 115 Å². The fraction of sp³-hybridized carbons (Fsp3) is 0.238. The van der Waals surface area contributed by atoms with Crippen LogP contribution in [0, 0.1) is 5.82 Å². The van der Waals surface area contributed by atoms with Crippen LogP contribution in [-0.2, 0) is 16.1 Å². The number of hydrogen-bond acceptors (Lipinski definition) is 8. The summed E-state index contributed by atoms with van der Waals surface area (Å²) < 4.78 is 21.9. The van der Waals surface area contributed by atoms with Gasteiger partial charge in [0.15, 0.2) is 0 Å². The van der Waals surface area contributed by atoms with Gasteiger partial charge in [-0.3, -0.25) is 20.2 Å². The molecule has 0 saturated carbocycles. The highest BCUT2D eigenvalue weighted by Gasteiger charge is 2.33. The highest BCUT2D eigenvalue weighted by molar-refractivity contribution is 5.90. The highest BCUT2D eigenvalue weighted by atomic mass is 19.1. The minimum absolute atomic E-state index is 0.141. The Bertz CT molecular complexity index is 1150. The van der Waals surface area contributed by atoms with Gasteiger partial charge in [0.2, 0.25) is 0 Å². The Morgan fingerprint density at radius 1 is 1.28 bits per heavy atom. The van der Waals surface area contributed by atoms with Gasteiger partial charge in [-0.25, -0.2) is 13.9 Å². The number of aliphatic hydroxyl groups excluding tert-OH is 1. The standard InChI is InChI=1S/C21H19FN6O4/c22-18-7-14(28-11-16(31-21(28)30)10-27-6-5-24-26-27)2-3-17(18)13-1-4-19(23-9-13)20-8-15(12-29)32-25-20/h1-9,15-16,25,29H,10-12H2/t15?,16-/m0/s1. The van der Waals surface area contributed by atoms with Crippen molar-refractivity contribution < 1.29 is 23.9 Å². The summed E-state index contributed by atoms with van der Waals surface area (Å²) in [5.74, 6) is -0.480. The second-order valence-electron chi connectivity index (χ2n) is 7.36. The van der Waals surface area contributed by atoms with Crippen molar-refractivity contribution in [3.63, 3.8) is 0 Å². The third-order valence-corrected chi connectivity index (χ3v) is 5.20. The molecule has 1 amide bonds. The molecule has 1 fully saturated rings. The molecule has 10 nitrogen and oxygen atoms in total. The first-order valence-electron chi connectivity index (χ1n) is 9.93. The van der Waals surface area contributed by atoms with Crippen LogP contribution in [0.4, 0.5) is 14.9 Å². The maximum atomic E-state index is 14.9. The van der Waals surface area contributed by atoms with E-state index in [1.165, 1.54) is 11.0 Å². The summed E-state index contributed by atoms with van der Waals surface area (Å²) in [4.78, 5) is 23.2. The van der Waals surface area contributed by atoms with E-state index in [-0.39, 0.29) is 13.2 Å². The number of carbonyl (C=O) groups excluding carboxylic acids is 1. The lowest BCUT2D eigenvalue weighted by atomic mass is 10.1. The lowest BCUT2D eigenvalue weighted by Gasteiger charge is -2.14. The van der Waals surface area contributed by atoms with Gasteiger partial charge < -0.3 is 9.84 Å². The quantitative estimate of drug-likeness (QED) is 0.598. The number of amides is 1. The smallest absolute Gasteiger partial charge is 0.414 e. The molecule has 32 heavy (non-hydrogen) atoms. The van der Waals surface area contributed by atoms with Crippen LogP contribution in [0.2, 0.25) is 0 Å². The average molecular weight is 438 g/mol. The largest absolute Gasteiger partial charge is 0.442 e. The zero-order chi connectivity index (χ0) is 22.1. The summed E-state index contributed by atoms with van der Waals surface area (Å²) >= 11 is 0. The zero-order valence-corrected chi connectivity index (χ0v) is 16.8. The Morgan fingerprint density at radius 2 is 2.19 bits per heavy atom. The molecule has 0 radical (unpaired) electrons. The number of rotatable bonds is 6. The van der Waals surface area contributed by atoms with Gasteiger partial charge in [-0.1, -0.05) is 11.3 Å². The first-order chi connectivity index (χ1) is 15.6. The van der Waals surface area contributed by atoms with Gasteiger partial charge in [-0.15, -0.1) is 5.10 Å². The van der Waals surface area contributed by atoms with Crippen LogP contribution in [0.5, 0.6) is 0 Å². The number of benzene rings is 1. The molecule has 5 rings (SSSR count). The highest BCUT2D eigenvalue weighted by Crippen LogP contribution is 2.29. The number of carbonyl (C=O) groups is 1. The maximum absolute atomic E-state index is 14.9. The van der Waals surface area contributed by atoms with Crippen molar-refractivity contribution >= 4 is 17.5 Å². The van der Waals surface area contributed by atoms with E-state index in [2.05, 4.69) is 20.8 Å². The molecule has 0 aliphatic carbocycles. The van der Waals surface area contributed by atoms with Gasteiger partial charge in [-0.05, 0) is 30.3 Å². The fourth-order valence-corrected chi connectivity index (χ4v) is 3.61. The first kappa shape index (κ1) is 20.1. The normalized spacial score (nSPS) is 20.2. The maximum Gasteiger partial charge on any atom is 0.414 e. The van der Waals surface area contributed by atoms with Crippen molar-refractivity contribution in [3.05, 3.63) is 66.5 Å². The van der Waals surface area contributed by atoms with Crippen molar-refractivity contribution in [3.8, 4) is 11.1 Å². The van der Waals surface area contributed by atoms with E-state index in [4.69, 9.17) is 14.7 Å². The van der Waals surface area contributed by atoms with Crippen molar-refractivity contribution in [1.29, 1.82) is 0 Å². The molecular weight excluding hydrogens is 419 g/mol. The molecule has 2 aromatic heterocycles. The number of anilines is 1. The predicted octanol–water partition coefficient (Wildman–Crippen LogP) is 1.74. The molecule has 2 aliphatic rings. The van der Waals surface area contributed by atoms with E-state index in [0.29, 0.717) is 34.8 Å². The first-order valence-corrected chi connectivity index (χ1v) is 9.93. The third-order valence-electron chi connectivity index (χ3n) is 5.20. The van der Waals surface area contributed by atoms with Crippen molar-refractivity contribution in [2.45, 2.75) is 18.8 Å². The lowest BCUT2D eigenvalue weighted by Crippen LogP contribution is -2.26. The molecule has 1 aromatic carbocycles. The van der Waals surface area contributed by atoms with Crippen LogP contribution in [0.3, 0.4) is 0 Å². The number of nitrogens with zero attached hydrogens (tertiary/aromatic N) is 5. The number of ether oxygens (including phenoxy) is 1. The van der Waals surface area contributed by atoms with E-state index in [1.807, 2.05) is 0 Å². The summed E-state index contributed by atoms with van der Waals surface area (Å²) in [5.41, 5.74) is 5.32. The molecule has 0 bridgehead atoms. The number of aromatic nitrogens is 4. The predicted molar refractivity (Wildman–Crippen MR) is 110 cm³/mol. The van der Waals surface area contributed by atoms with E-state index < -0.39 is 24.1 Å². The Balaban J connectivity index is 1.31. The van der Waals surface area contributed by atoms with Gasteiger partial charge in [-0.2, -0.15) is 0 Å². The van der Waals surface area contributed by atoms with Crippen molar-refractivity contribution in [2.75, 3.05) is 18.1 Å². The second kappa shape index (κ2) is 8.36.